The van der Waals surface area contributed by atoms with Crippen LogP contribution in [0.2, 0.25) is 0 Å². The summed E-state index contributed by atoms with van der Waals surface area (Å²) in [6.45, 7) is 5.76. The first-order valence-electron chi connectivity index (χ1n) is 9.89. The number of hydrogen-bond donors (Lipinski definition) is 2. The molecule has 1 unspecified atom stereocenters. The lowest BCUT2D eigenvalue weighted by atomic mass is 10.0. The molecule has 0 aromatic heterocycles. The maximum absolute atomic E-state index is 12.9. The normalized spacial score (nSPS) is 12.2. The molecule has 0 bridgehead atoms. The maximum atomic E-state index is 12.9. The van der Waals surface area contributed by atoms with E-state index in [1.165, 1.54) is 17.7 Å². The van der Waals surface area contributed by atoms with E-state index in [0.29, 0.717) is 16.8 Å². The third kappa shape index (κ3) is 4.89. The zero-order valence-electron chi connectivity index (χ0n) is 17.3. The van der Waals surface area contributed by atoms with Crippen molar-refractivity contribution < 1.29 is 13.2 Å². The van der Waals surface area contributed by atoms with Gasteiger partial charge < -0.3 is 5.32 Å². The van der Waals surface area contributed by atoms with Gasteiger partial charge in [0.15, 0.2) is 0 Å². The van der Waals surface area contributed by atoms with Crippen molar-refractivity contribution in [2.45, 2.75) is 38.1 Å². The number of carbonyl (C=O) groups excluding carboxylic acids is 1. The molecule has 0 aliphatic heterocycles. The number of hydrogen-bond acceptors (Lipinski definition) is 3. The highest BCUT2D eigenvalue weighted by Crippen LogP contribution is 2.23. The van der Waals surface area contributed by atoms with Crippen LogP contribution >= 0.6 is 0 Å². The molecule has 5 nitrogen and oxygen atoms in total. The zero-order valence-corrected chi connectivity index (χ0v) is 18.2. The van der Waals surface area contributed by atoms with Crippen LogP contribution in [0.25, 0.3) is 0 Å². The molecule has 3 rings (SSSR count). The maximum Gasteiger partial charge on any atom is 0.261 e. The predicted molar refractivity (Wildman–Crippen MR) is 120 cm³/mol. The van der Waals surface area contributed by atoms with Crippen LogP contribution in [0.5, 0.6) is 0 Å². The van der Waals surface area contributed by atoms with Crippen LogP contribution in [-0.2, 0) is 16.4 Å². The molecule has 0 spiro atoms. The first-order chi connectivity index (χ1) is 14.3. The van der Waals surface area contributed by atoms with Gasteiger partial charge in [0.25, 0.3) is 15.9 Å². The van der Waals surface area contributed by atoms with Gasteiger partial charge in [-0.15, -0.1) is 0 Å². The average molecular weight is 423 g/mol. The monoisotopic (exact) mass is 422 g/mol. The number of aryl methyl sites for hydroxylation is 1. The fourth-order valence-electron chi connectivity index (χ4n) is 3.20. The number of rotatable bonds is 7. The van der Waals surface area contributed by atoms with E-state index in [-0.39, 0.29) is 16.8 Å². The smallest absolute Gasteiger partial charge is 0.261 e. The number of nitrogens with one attached hydrogen (secondary N) is 2. The van der Waals surface area contributed by atoms with Gasteiger partial charge in [0.1, 0.15) is 0 Å². The molecule has 1 atom stereocenters. The Labute approximate surface area is 178 Å². The van der Waals surface area contributed by atoms with Gasteiger partial charge in [0.2, 0.25) is 0 Å². The van der Waals surface area contributed by atoms with E-state index in [9.17, 15) is 13.2 Å². The number of carbonyl (C=O) groups is 1. The molecule has 3 aromatic carbocycles. The van der Waals surface area contributed by atoms with Gasteiger partial charge in [-0.25, -0.2) is 8.42 Å². The van der Waals surface area contributed by atoms with E-state index in [4.69, 9.17) is 0 Å². The number of benzene rings is 3. The lowest BCUT2D eigenvalue weighted by Gasteiger charge is -2.17. The van der Waals surface area contributed by atoms with E-state index < -0.39 is 10.0 Å². The molecule has 156 valence electrons. The molecular formula is C24H26N2O3S. The Morgan fingerprint density at radius 2 is 1.60 bits per heavy atom. The van der Waals surface area contributed by atoms with Crippen molar-refractivity contribution in [3.05, 3.63) is 95.1 Å². The minimum atomic E-state index is -3.73. The van der Waals surface area contributed by atoms with E-state index in [0.717, 1.165) is 12.0 Å². The van der Waals surface area contributed by atoms with Gasteiger partial charge in [-0.3, -0.25) is 9.52 Å². The van der Waals surface area contributed by atoms with Crippen molar-refractivity contribution in [2.75, 3.05) is 4.72 Å². The van der Waals surface area contributed by atoms with Crippen molar-refractivity contribution >= 4 is 21.6 Å². The summed E-state index contributed by atoms with van der Waals surface area (Å²) >= 11 is 0. The van der Waals surface area contributed by atoms with Crippen LogP contribution in [0, 0.1) is 6.92 Å². The Balaban J connectivity index is 1.79. The quantitative estimate of drug-likeness (QED) is 0.572. The van der Waals surface area contributed by atoms with Gasteiger partial charge in [0.05, 0.1) is 16.6 Å². The highest BCUT2D eigenvalue weighted by molar-refractivity contribution is 7.92. The Hall–Kier alpha value is -3.12. The molecule has 0 radical (unpaired) electrons. The van der Waals surface area contributed by atoms with E-state index in [1.54, 1.807) is 43.3 Å². The second-order valence-corrected chi connectivity index (χ2v) is 8.87. The molecule has 0 aliphatic carbocycles. The van der Waals surface area contributed by atoms with Crippen LogP contribution in [0.3, 0.4) is 0 Å². The van der Waals surface area contributed by atoms with E-state index in [1.807, 2.05) is 19.1 Å². The van der Waals surface area contributed by atoms with Gasteiger partial charge in [-0.05, 0) is 61.2 Å². The molecule has 0 heterocycles. The molecule has 0 aliphatic rings. The second-order valence-electron chi connectivity index (χ2n) is 7.19. The lowest BCUT2D eigenvalue weighted by Crippen LogP contribution is -2.27. The van der Waals surface area contributed by atoms with Gasteiger partial charge in [0, 0.05) is 5.56 Å². The number of sulfonamides is 1. The Morgan fingerprint density at radius 3 is 2.23 bits per heavy atom. The average Bonchev–Trinajstić information content (AvgIpc) is 2.75. The summed E-state index contributed by atoms with van der Waals surface area (Å²) in [4.78, 5) is 13.0. The topological polar surface area (TPSA) is 75.3 Å². The predicted octanol–water partition coefficient (Wildman–Crippen LogP) is 4.85. The van der Waals surface area contributed by atoms with Crippen LogP contribution in [0.4, 0.5) is 5.69 Å². The highest BCUT2D eigenvalue weighted by atomic mass is 32.2. The largest absolute Gasteiger partial charge is 0.346 e. The molecule has 3 aromatic rings. The molecule has 0 saturated carbocycles. The third-order valence-electron chi connectivity index (χ3n) is 5.11. The summed E-state index contributed by atoms with van der Waals surface area (Å²) < 4.78 is 27.9. The first kappa shape index (κ1) is 21.6. The van der Waals surface area contributed by atoms with Crippen LogP contribution in [-0.4, -0.2) is 14.3 Å². The van der Waals surface area contributed by atoms with Crippen molar-refractivity contribution in [3.63, 3.8) is 0 Å². The van der Waals surface area contributed by atoms with Gasteiger partial charge in [-0.2, -0.15) is 0 Å². The van der Waals surface area contributed by atoms with E-state index >= 15 is 0 Å². The SMILES string of the molecule is CCc1ccc(C(C)NC(=O)c2cccc(NS(=O)(=O)c3ccccc3)c2C)cc1. The Bertz CT molecular complexity index is 1120. The lowest BCUT2D eigenvalue weighted by molar-refractivity contribution is 0.0939. The highest BCUT2D eigenvalue weighted by Gasteiger charge is 2.19. The molecule has 30 heavy (non-hydrogen) atoms. The first-order valence-corrected chi connectivity index (χ1v) is 11.4. The van der Waals surface area contributed by atoms with Gasteiger partial charge >= 0.3 is 0 Å². The molecule has 2 N–H and O–H groups in total. The minimum Gasteiger partial charge on any atom is -0.346 e. The molecular weight excluding hydrogens is 396 g/mol. The Morgan fingerprint density at radius 1 is 0.933 bits per heavy atom. The van der Waals surface area contributed by atoms with Crippen molar-refractivity contribution in [1.82, 2.24) is 5.32 Å². The zero-order chi connectivity index (χ0) is 21.7. The summed E-state index contributed by atoms with van der Waals surface area (Å²) in [5, 5.41) is 3.00. The number of anilines is 1. The van der Waals surface area contributed by atoms with Crippen LogP contribution in [0.1, 0.15) is 46.9 Å². The molecule has 1 amide bonds. The number of amides is 1. The van der Waals surface area contributed by atoms with Crippen molar-refractivity contribution in [1.29, 1.82) is 0 Å². The van der Waals surface area contributed by atoms with Crippen molar-refractivity contribution in [2.24, 2.45) is 0 Å². The Kier molecular flexibility index (Phi) is 6.57. The fourth-order valence-corrected chi connectivity index (χ4v) is 4.34. The van der Waals surface area contributed by atoms with E-state index in [2.05, 4.69) is 29.1 Å². The molecule has 0 saturated heterocycles. The summed E-state index contributed by atoms with van der Waals surface area (Å²) in [5.41, 5.74) is 3.64. The molecule has 6 heteroatoms. The van der Waals surface area contributed by atoms with Crippen LogP contribution in [0.15, 0.2) is 77.7 Å². The fraction of sp³-hybridized carbons (Fsp3) is 0.208. The summed E-state index contributed by atoms with van der Waals surface area (Å²) in [7, 11) is -3.73. The van der Waals surface area contributed by atoms with Gasteiger partial charge in [-0.1, -0.05) is 55.5 Å². The summed E-state index contributed by atoms with van der Waals surface area (Å²) in [6, 6.07) is 21.1. The van der Waals surface area contributed by atoms with Crippen LogP contribution < -0.4 is 10.0 Å². The third-order valence-corrected chi connectivity index (χ3v) is 6.49. The summed E-state index contributed by atoms with van der Waals surface area (Å²) in [5.74, 6) is -0.250. The van der Waals surface area contributed by atoms with Crippen molar-refractivity contribution in [3.8, 4) is 0 Å². The minimum absolute atomic E-state index is 0.170. The molecule has 0 fully saturated rings. The standard InChI is InChI=1S/C24H26N2O3S/c1-4-19-13-15-20(16-14-19)18(3)25-24(27)22-11-8-12-23(17(22)2)26-30(28,29)21-9-6-5-7-10-21/h5-16,18,26H,4H2,1-3H3,(H,25,27). The summed E-state index contributed by atoms with van der Waals surface area (Å²) in [6.07, 6.45) is 0.964. The second kappa shape index (κ2) is 9.13.